The lowest BCUT2D eigenvalue weighted by molar-refractivity contribution is 0.184. The molecular weight excluding hydrogens is 221 g/mol. The molecule has 0 amide bonds. The van der Waals surface area contributed by atoms with Crippen molar-refractivity contribution < 1.29 is 13.9 Å². The molecule has 1 rings (SSSR count). The summed E-state index contributed by atoms with van der Waals surface area (Å²) in [7, 11) is 1.67. The number of hydrogen-bond donors (Lipinski definition) is 1. The zero-order valence-electron chi connectivity index (χ0n) is 10.4. The number of rotatable bonds is 7. The van der Waals surface area contributed by atoms with E-state index in [1.165, 1.54) is 12.1 Å². The number of benzene rings is 1. The number of halogens is 1. The van der Waals surface area contributed by atoms with Gasteiger partial charge < -0.3 is 15.2 Å². The van der Waals surface area contributed by atoms with Gasteiger partial charge in [0.05, 0.1) is 6.61 Å². The molecule has 0 fully saturated rings. The van der Waals surface area contributed by atoms with E-state index in [-0.39, 0.29) is 11.9 Å². The lowest BCUT2D eigenvalue weighted by Gasteiger charge is -2.14. The lowest BCUT2D eigenvalue weighted by Crippen LogP contribution is -2.09. The van der Waals surface area contributed by atoms with Gasteiger partial charge in [0.15, 0.2) is 0 Å². The van der Waals surface area contributed by atoms with Crippen LogP contribution in [0.25, 0.3) is 0 Å². The van der Waals surface area contributed by atoms with Crippen molar-refractivity contribution in [3.63, 3.8) is 0 Å². The van der Waals surface area contributed by atoms with Crippen LogP contribution in [0.1, 0.15) is 31.4 Å². The quantitative estimate of drug-likeness (QED) is 0.746. The first-order valence-corrected chi connectivity index (χ1v) is 5.82. The van der Waals surface area contributed by atoms with Crippen molar-refractivity contribution in [3.05, 3.63) is 29.6 Å². The highest BCUT2D eigenvalue weighted by Crippen LogP contribution is 2.24. The molecule has 1 atom stereocenters. The van der Waals surface area contributed by atoms with Gasteiger partial charge in [0.1, 0.15) is 11.6 Å². The summed E-state index contributed by atoms with van der Waals surface area (Å²) < 4.78 is 23.6. The van der Waals surface area contributed by atoms with Gasteiger partial charge >= 0.3 is 0 Å². The van der Waals surface area contributed by atoms with Crippen LogP contribution in [-0.2, 0) is 4.74 Å². The van der Waals surface area contributed by atoms with Gasteiger partial charge in [0.25, 0.3) is 0 Å². The Morgan fingerprint density at radius 1 is 1.29 bits per heavy atom. The van der Waals surface area contributed by atoms with Crippen LogP contribution in [0.2, 0.25) is 0 Å². The predicted molar refractivity (Wildman–Crippen MR) is 65.6 cm³/mol. The molecule has 0 spiro atoms. The molecule has 0 bridgehead atoms. The molecule has 0 aliphatic carbocycles. The van der Waals surface area contributed by atoms with Crippen LogP contribution in [0.5, 0.6) is 5.75 Å². The minimum atomic E-state index is -0.304. The molecular formula is C13H20FNO2. The summed E-state index contributed by atoms with van der Waals surface area (Å²) in [5.41, 5.74) is 6.63. The average molecular weight is 241 g/mol. The molecule has 0 radical (unpaired) electrons. The first-order chi connectivity index (χ1) is 8.15. The average Bonchev–Trinajstić information content (AvgIpc) is 2.28. The molecule has 2 N–H and O–H groups in total. The Labute approximate surface area is 102 Å². The van der Waals surface area contributed by atoms with Crippen molar-refractivity contribution in [2.75, 3.05) is 20.3 Å². The fraction of sp³-hybridized carbons (Fsp3) is 0.538. The Morgan fingerprint density at radius 2 is 2.00 bits per heavy atom. The van der Waals surface area contributed by atoms with Gasteiger partial charge in [0, 0.05) is 31.4 Å². The summed E-state index contributed by atoms with van der Waals surface area (Å²) in [4.78, 5) is 0. The van der Waals surface area contributed by atoms with E-state index in [4.69, 9.17) is 15.2 Å². The van der Waals surface area contributed by atoms with E-state index in [1.54, 1.807) is 13.2 Å². The molecule has 0 saturated heterocycles. The van der Waals surface area contributed by atoms with E-state index in [9.17, 15) is 4.39 Å². The third-order valence-corrected chi connectivity index (χ3v) is 2.47. The largest absolute Gasteiger partial charge is 0.493 e. The zero-order chi connectivity index (χ0) is 12.7. The maximum atomic E-state index is 13.1. The highest BCUT2D eigenvalue weighted by molar-refractivity contribution is 5.36. The van der Waals surface area contributed by atoms with Crippen molar-refractivity contribution >= 4 is 0 Å². The van der Waals surface area contributed by atoms with Crippen LogP contribution in [-0.4, -0.2) is 20.3 Å². The summed E-state index contributed by atoms with van der Waals surface area (Å²) >= 11 is 0. The number of unbranched alkanes of at least 4 members (excludes halogenated alkanes) is 1. The molecule has 1 unspecified atom stereocenters. The highest BCUT2D eigenvalue weighted by atomic mass is 19.1. The summed E-state index contributed by atoms with van der Waals surface area (Å²) in [6, 6.07) is 4.29. The molecule has 17 heavy (non-hydrogen) atoms. The van der Waals surface area contributed by atoms with Gasteiger partial charge in [-0.1, -0.05) is 6.07 Å². The van der Waals surface area contributed by atoms with Gasteiger partial charge in [0.2, 0.25) is 0 Å². The third kappa shape index (κ3) is 4.71. The van der Waals surface area contributed by atoms with Crippen LogP contribution in [0.3, 0.4) is 0 Å². The third-order valence-electron chi connectivity index (χ3n) is 2.47. The summed E-state index contributed by atoms with van der Waals surface area (Å²) in [6.45, 7) is 3.12. The molecule has 0 heterocycles. The molecule has 3 nitrogen and oxygen atoms in total. The molecule has 0 saturated carbocycles. The first-order valence-electron chi connectivity index (χ1n) is 5.82. The molecule has 1 aromatic rings. The van der Waals surface area contributed by atoms with Crippen LogP contribution in [0, 0.1) is 5.82 Å². The molecule has 4 heteroatoms. The molecule has 1 aromatic carbocycles. The first kappa shape index (κ1) is 13.9. The number of nitrogens with two attached hydrogens (primary N) is 1. The monoisotopic (exact) mass is 241 g/mol. The summed E-state index contributed by atoms with van der Waals surface area (Å²) in [5, 5.41) is 0. The smallest absolute Gasteiger partial charge is 0.126 e. The van der Waals surface area contributed by atoms with E-state index >= 15 is 0 Å². The topological polar surface area (TPSA) is 44.5 Å². The number of hydrogen-bond acceptors (Lipinski definition) is 3. The fourth-order valence-corrected chi connectivity index (χ4v) is 1.54. The van der Waals surface area contributed by atoms with Crippen molar-refractivity contribution in [1.29, 1.82) is 0 Å². The van der Waals surface area contributed by atoms with E-state index in [1.807, 2.05) is 6.92 Å². The molecule has 0 aromatic heterocycles. The fourth-order valence-electron chi connectivity index (χ4n) is 1.54. The second kappa shape index (κ2) is 7.25. The maximum absolute atomic E-state index is 13.1. The Balaban J connectivity index is 2.53. The van der Waals surface area contributed by atoms with Gasteiger partial charge in [-0.3, -0.25) is 0 Å². The van der Waals surface area contributed by atoms with Crippen LogP contribution in [0.4, 0.5) is 4.39 Å². The predicted octanol–water partition coefficient (Wildman–Crippen LogP) is 2.65. The van der Waals surface area contributed by atoms with Crippen molar-refractivity contribution in [1.82, 2.24) is 0 Å². The summed E-state index contributed by atoms with van der Waals surface area (Å²) in [5.74, 6) is 0.235. The van der Waals surface area contributed by atoms with Gasteiger partial charge in [-0.2, -0.15) is 0 Å². The van der Waals surface area contributed by atoms with Crippen molar-refractivity contribution in [2.24, 2.45) is 5.73 Å². The maximum Gasteiger partial charge on any atom is 0.126 e. The van der Waals surface area contributed by atoms with Crippen LogP contribution in [0.15, 0.2) is 18.2 Å². The Hall–Kier alpha value is -1.13. The van der Waals surface area contributed by atoms with Crippen LogP contribution >= 0.6 is 0 Å². The number of ether oxygens (including phenoxy) is 2. The minimum absolute atomic E-state index is 0.162. The second-order valence-corrected chi connectivity index (χ2v) is 4.02. The standard InChI is InChI=1S/C13H20FNO2/c1-10(15)12-6-5-11(14)9-13(12)17-8-4-3-7-16-2/h5-6,9-10H,3-4,7-8,15H2,1-2H3. The number of methoxy groups -OCH3 is 1. The summed E-state index contributed by atoms with van der Waals surface area (Å²) in [6.07, 6.45) is 1.81. The highest BCUT2D eigenvalue weighted by Gasteiger charge is 2.09. The minimum Gasteiger partial charge on any atom is -0.493 e. The van der Waals surface area contributed by atoms with E-state index in [0.717, 1.165) is 18.4 Å². The van der Waals surface area contributed by atoms with Crippen LogP contribution < -0.4 is 10.5 Å². The second-order valence-electron chi connectivity index (χ2n) is 4.02. The lowest BCUT2D eigenvalue weighted by atomic mass is 10.1. The normalized spacial score (nSPS) is 12.5. The van der Waals surface area contributed by atoms with Gasteiger partial charge in [-0.25, -0.2) is 4.39 Å². The van der Waals surface area contributed by atoms with Gasteiger partial charge in [-0.05, 0) is 25.8 Å². The van der Waals surface area contributed by atoms with E-state index in [2.05, 4.69) is 0 Å². The Morgan fingerprint density at radius 3 is 2.65 bits per heavy atom. The Bertz CT molecular complexity index is 342. The Kier molecular flexibility index (Phi) is 5.94. The van der Waals surface area contributed by atoms with E-state index in [0.29, 0.717) is 19.0 Å². The van der Waals surface area contributed by atoms with E-state index < -0.39 is 0 Å². The molecule has 96 valence electrons. The van der Waals surface area contributed by atoms with Crippen molar-refractivity contribution in [2.45, 2.75) is 25.8 Å². The van der Waals surface area contributed by atoms with Gasteiger partial charge in [-0.15, -0.1) is 0 Å². The molecule has 0 aliphatic rings. The SMILES string of the molecule is COCCCCOc1cc(F)ccc1C(C)N. The molecule has 0 aliphatic heterocycles. The zero-order valence-corrected chi connectivity index (χ0v) is 10.4. The van der Waals surface area contributed by atoms with Crippen molar-refractivity contribution in [3.8, 4) is 5.75 Å².